The standard InChI is InChI=1S/C44H28N2O/c1-3-13-31(14-4-1)45-39-21-11-9-19-35(39)36-25-23-30(28-41(36)45)34-18-8-7-17-33(34)29-24-26-42-38(27-29)43-44(47-42)37-20-10-12-22-40(37)46(43)32-15-5-2-6-16-32/h1-28H. The van der Waals surface area contributed by atoms with Crippen molar-refractivity contribution in [2.75, 3.05) is 0 Å². The topological polar surface area (TPSA) is 23.0 Å². The Morgan fingerprint density at radius 3 is 1.62 bits per heavy atom. The first-order valence-corrected chi connectivity index (χ1v) is 16.0. The van der Waals surface area contributed by atoms with E-state index in [0.717, 1.165) is 49.9 Å². The Bertz CT molecular complexity index is 2780. The lowest BCUT2D eigenvalue weighted by atomic mass is 9.93. The molecule has 3 heterocycles. The summed E-state index contributed by atoms with van der Waals surface area (Å²) in [6.07, 6.45) is 0. The number of nitrogens with zero attached hydrogens (tertiary/aromatic N) is 2. The van der Waals surface area contributed by atoms with Gasteiger partial charge in [0.05, 0.1) is 16.6 Å². The van der Waals surface area contributed by atoms with Gasteiger partial charge in [0.15, 0.2) is 5.58 Å². The molecule has 3 aromatic heterocycles. The van der Waals surface area contributed by atoms with Crippen molar-refractivity contribution in [3.63, 3.8) is 0 Å². The van der Waals surface area contributed by atoms with Gasteiger partial charge in [0.1, 0.15) is 11.1 Å². The molecule has 7 aromatic carbocycles. The summed E-state index contributed by atoms with van der Waals surface area (Å²) < 4.78 is 11.3. The maximum atomic E-state index is 6.58. The third kappa shape index (κ3) is 3.87. The molecule has 220 valence electrons. The summed E-state index contributed by atoms with van der Waals surface area (Å²) in [6, 6.07) is 60.7. The van der Waals surface area contributed by atoms with Gasteiger partial charge in [-0.3, -0.25) is 0 Å². The summed E-state index contributed by atoms with van der Waals surface area (Å²) in [5, 5.41) is 4.73. The Labute approximate surface area is 271 Å². The van der Waals surface area contributed by atoms with E-state index in [1.54, 1.807) is 0 Å². The minimum absolute atomic E-state index is 0.889. The highest BCUT2D eigenvalue weighted by molar-refractivity contribution is 6.17. The lowest BCUT2D eigenvalue weighted by Gasteiger charge is -2.12. The van der Waals surface area contributed by atoms with E-state index in [9.17, 15) is 0 Å². The average molecular weight is 601 g/mol. The van der Waals surface area contributed by atoms with Crippen molar-refractivity contribution in [2.24, 2.45) is 0 Å². The number of benzene rings is 7. The van der Waals surface area contributed by atoms with E-state index >= 15 is 0 Å². The van der Waals surface area contributed by atoms with Crippen LogP contribution in [0.4, 0.5) is 0 Å². The molecule has 0 aliphatic carbocycles. The van der Waals surface area contributed by atoms with Gasteiger partial charge in [-0.1, -0.05) is 109 Å². The van der Waals surface area contributed by atoms with Gasteiger partial charge in [0.25, 0.3) is 0 Å². The average Bonchev–Trinajstić information content (AvgIpc) is 3.79. The Balaban J connectivity index is 1.20. The first kappa shape index (κ1) is 26.0. The van der Waals surface area contributed by atoms with Crippen LogP contribution < -0.4 is 0 Å². The quantitative estimate of drug-likeness (QED) is 0.197. The SMILES string of the molecule is c1ccc(-n2c3ccccc3c3ccc(-c4ccccc4-c4ccc5oc6c7ccccc7n(-c7ccccc7)c6c5c4)cc32)cc1. The molecule has 3 nitrogen and oxygen atoms in total. The molecular formula is C44H28N2O. The molecule has 0 amide bonds. The van der Waals surface area contributed by atoms with Gasteiger partial charge in [0, 0.05) is 32.9 Å². The fraction of sp³-hybridized carbons (Fsp3) is 0. The largest absolute Gasteiger partial charge is 0.454 e. The zero-order valence-electron chi connectivity index (χ0n) is 25.5. The summed E-state index contributed by atoms with van der Waals surface area (Å²) >= 11 is 0. The van der Waals surface area contributed by atoms with Crippen molar-refractivity contribution < 1.29 is 4.42 Å². The first-order chi connectivity index (χ1) is 23.3. The van der Waals surface area contributed by atoms with E-state index < -0.39 is 0 Å². The van der Waals surface area contributed by atoms with Crippen molar-refractivity contribution in [2.45, 2.75) is 0 Å². The third-order valence-electron chi connectivity index (χ3n) is 9.53. The van der Waals surface area contributed by atoms with Crippen molar-refractivity contribution in [1.82, 2.24) is 9.13 Å². The molecule has 0 spiro atoms. The highest BCUT2D eigenvalue weighted by Gasteiger charge is 2.20. The van der Waals surface area contributed by atoms with Crippen LogP contribution in [-0.4, -0.2) is 9.13 Å². The van der Waals surface area contributed by atoms with Gasteiger partial charge in [-0.25, -0.2) is 0 Å². The zero-order valence-corrected chi connectivity index (χ0v) is 25.5. The Kier molecular flexibility index (Phi) is 5.57. The number of aromatic nitrogens is 2. The highest BCUT2D eigenvalue weighted by Crippen LogP contribution is 2.42. The van der Waals surface area contributed by atoms with Crippen LogP contribution in [0.15, 0.2) is 174 Å². The molecule has 0 aliphatic heterocycles. The van der Waals surface area contributed by atoms with E-state index in [2.05, 4.69) is 179 Å². The summed E-state index contributed by atoms with van der Waals surface area (Å²) in [7, 11) is 0. The summed E-state index contributed by atoms with van der Waals surface area (Å²) in [4.78, 5) is 0. The van der Waals surface area contributed by atoms with E-state index in [1.807, 2.05) is 0 Å². The van der Waals surface area contributed by atoms with Crippen LogP contribution in [0.1, 0.15) is 0 Å². The number of rotatable bonds is 4. The molecule has 47 heavy (non-hydrogen) atoms. The molecule has 10 rings (SSSR count). The molecule has 0 fully saturated rings. The fourth-order valence-corrected chi connectivity index (χ4v) is 7.46. The summed E-state index contributed by atoms with van der Waals surface area (Å²) in [5.41, 5.74) is 13.5. The van der Waals surface area contributed by atoms with Gasteiger partial charge in [-0.2, -0.15) is 0 Å². The molecule has 0 N–H and O–H groups in total. The molecule has 3 heteroatoms. The van der Waals surface area contributed by atoms with Gasteiger partial charge in [-0.05, 0) is 82.9 Å². The van der Waals surface area contributed by atoms with E-state index in [1.165, 1.54) is 38.5 Å². The Morgan fingerprint density at radius 1 is 0.362 bits per heavy atom. The molecule has 0 saturated heterocycles. The van der Waals surface area contributed by atoms with Gasteiger partial charge < -0.3 is 13.6 Å². The van der Waals surface area contributed by atoms with Gasteiger partial charge in [-0.15, -0.1) is 0 Å². The van der Waals surface area contributed by atoms with Gasteiger partial charge in [0.2, 0.25) is 0 Å². The number of furan rings is 1. The van der Waals surface area contributed by atoms with Crippen molar-refractivity contribution in [1.29, 1.82) is 0 Å². The number of hydrogen-bond donors (Lipinski definition) is 0. The predicted molar refractivity (Wildman–Crippen MR) is 196 cm³/mol. The van der Waals surface area contributed by atoms with E-state index in [0.29, 0.717) is 0 Å². The summed E-state index contributed by atoms with van der Waals surface area (Å²) in [5.74, 6) is 0. The number of fused-ring (bicyclic) bond motifs is 8. The molecule has 10 aromatic rings. The second-order valence-corrected chi connectivity index (χ2v) is 12.1. The van der Waals surface area contributed by atoms with Crippen LogP contribution in [-0.2, 0) is 0 Å². The van der Waals surface area contributed by atoms with Crippen molar-refractivity contribution in [3.8, 4) is 33.6 Å². The zero-order chi connectivity index (χ0) is 30.9. The molecule has 0 saturated carbocycles. The molecule has 0 atom stereocenters. The van der Waals surface area contributed by atoms with Crippen LogP contribution in [0.2, 0.25) is 0 Å². The summed E-state index contributed by atoms with van der Waals surface area (Å²) in [6.45, 7) is 0. The maximum Gasteiger partial charge on any atom is 0.161 e. The molecule has 0 radical (unpaired) electrons. The molecule has 0 unspecified atom stereocenters. The lowest BCUT2D eigenvalue weighted by molar-refractivity contribution is 0.673. The van der Waals surface area contributed by atoms with Crippen molar-refractivity contribution >= 4 is 54.8 Å². The fourth-order valence-electron chi connectivity index (χ4n) is 7.46. The van der Waals surface area contributed by atoms with Crippen LogP contribution >= 0.6 is 0 Å². The van der Waals surface area contributed by atoms with Crippen LogP contribution in [0.25, 0.3) is 88.4 Å². The molecule has 0 bridgehead atoms. The molecule has 0 aliphatic rings. The minimum atomic E-state index is 0.889. The highest BCUT2D eigenvalue weighted by atomic mass is 16.3. The predicted octanol–water partition coefficient (Wildman–Crippen LogP) is 12.0. The van der Waals surface area contributed by atoms with Crippen LogP contribution in [0.5, 0.6) is 0 Å². The molecular weight excluding hydrogens is 572 g/mol. The Hall–Kier alpha value is -6.32. The lowest BCUT2D eigenvalue weighted by Crippen LogP contribution is -1.93. The van der Waals surface area contributed by atoms with E-state index in [4.69, 9.17) is 4.42 Å². The Morgan fingerprint density at radius 2 is 0.894 bits per heavy atom. The monoisotopic (exact) mass is 600 g/mol. The minimum Gasteiger partial charge on any atom is -0.454 e. The van der Waals surface area contributed by atoms with Crippen LogP contribution in [0, 0.1) is 0 Å². The van der Waals surface area contributed by atoms with Gasteiger partial charge >= 0.3 is 0 Å². The van der Waals surface area contributed by atoms with Crippen LogP contribution in [0.3, 0.4) is 0 Å². The number of hydrogen-bond acceptors (Lipinski definition) is 1. The second kappa shape index (κ2) is 10.1. The van der Waals surface area contributed by atoms with E-state index in [-0.39, 0.29) is 0 Å². The maximum absolute atomic E-state index is 6.58. The third-order valence-corrected chi connectivity index (χ3v) is 9.53. The smallest absolute Gasteiger partial charge is 0.161 e. The number of para-hydroxylation sites is 4. The second-order valence-electron chi connectivity index (χ2n) is 12.1. The normalized spacial score (nSPS) is 11.8. The van der Waals surface area contributed by atoms with Crippen molar-refractivity contribution in [3.05, 3.63) is 170 Å². The first-order valence-electron chi connectivity index (χ1n) is 16.0.